The lowest BCUT2D eigenvalue weighted by molar-refractivity contribution is 0.0938. The van der Waals surface area contributed by atoms with Crippen LogP contribution in [-0.2, 0) is 6.42 Å². The second-order valence-electron chi connectivity index (χ2n) is 6.51. The molecule has 0 aliphatic carbocycles. The number of nitrogens with zero attached hydrogens (tertiary/aromatic N) is 1. The lowest BCUT2D eigenvalue weighted by Gasteiger charge is -2.11. The number of Topliss-reactive ketones (excluding diaryl/α,β-unsaturated/α-hetero) is 1. The standard InChI is InChI=1S/C21H23FN2O5/c1-13-20-14(6-9-29-20)11-16(24-13)17(25)5-8-23-21(26)15-3-4-18(28-10-7-22)19(12-15)27-2/h3-4,11-12H,5-10H2,1-2H3,(H,23,26). The van der Waals surface area contributed by atoms with Crippen LogP contribution in [0.25, 0.3) is 0 Å². The average Bonchev–Trinajstić information content (AvgIpc) is 3.21. The molecule has 0 spiro atoms. The molecule has 154 valence electrons. The zero-order valence-electron chi connectivity index (χ0n) is 16.4. The summed E-state index contributed by atoms with van der Waals surface area (Å²) >= 11 is 0. The summed E-state index contributed by atoms with van der Waals surface area (Å²) in [6.45, 7) is 1.88. The first-order valence-electron chi connectivity index (χ1n) is 9.35. The number of aromatic nitrogens is 1. The fourth-order valence-corrected chi connectivity index (χ4v) is 3.11. The van der Waals surface area contributed by atoms with Crippen LogP contribution in [0.15, 0.2) is 24.3 Å². The number of benzene rings is 1. The number of halogens is 1. The van der Waals surface area contributed by atoms with Gasteiger partial charge < -0.3 is 19.5 Å². The van der Waals surface area contributed by atoms with E-state index in [4.69, 9.17) is 14.2 Å². The van der Waals surface area contributed by atoms with Gasteiger partial charge in [-0.05, 0) is 31.2 Å². The zero-order chi connectivity index (χ0) is 20.8. The molecule has 0 saturated heterocycles. The molecule has 1 aliphatic rings. The number of pyridine rings is 1. The topological polar surface area (TPSA) is 86.8 Å². The van der Waals surface area contributed by atoms with E-state index >= 15 is 0 Å². The van der Waals surface area contributed by atoms with Gasteiger partial charge in [0, 0.05) is 30.5 Å². The minimum absolute atomic E-state index is 0.0909. The zero-order valence-corrected chi connectivity index (χ0v) is 16.4. The average molecular weight is 402 g/mol. The van der Waals surface area contributed by atoms with Gasteiger partial charge in [-0.3, -0.25) is 9.59 Å². The predicted octanol–water partition coefficient (Wildman–Crippen LogP) is 2.68. The Kier molecular flexibility index (Phi) is 6.64. The molecule has 1 N–H and O–H groups in total. The maximum atomic E-state index is 12.4. The maximum absolute atomic E-state index is 12.4. The molecule has 1 aliphatic heterocycles. The first-order chi connectivity index (χ1) is 14.0. The number of methoxy groups -OCH3 is 1. The highest BCUT2D eigenvalue weighted by atomic mass is 19.1. The second kappa shape index (κ2) is 9.36. The number of nitrogens with one attached hydrogen (secondary N) is 1. The van der Waals surface area contributed by atoms with Crippen molar-refractivity contribution in [2.45, 2.75) is 19.8 Å². The van der Waals surface area contributed by atoms with Gasteiger partial charge in [-0.15, -0.1) is 0 Å². The highest BCUT2D eigenvalue weighted by Crippen LogP contribution is 2.29. The monoisotopic (exact) mass is 402 g/mol. The van der Waals surface area contributed by atoms with Crippen LogP contribution in [0.1, 0.15) is 38.5 Å². The molecule has 0 atom stereocenters. The third-order valence-electron chi connectivity index (χ3n) is 4.52. The molecule has 0 fully saturated rings. The Morgan fingerprint density at radius 3 is 2.86 bits per heavy atom. The largest absolute Gasteiger partial charge is 0.493 e. The van der Waals surface area contributed by atoms with Crippen LogP contribution in [0.3, 0.4) is 0 Å². The molecular weight excluding hydrogens is 379 g/mol. The minimum atomic E-state index is -0.620. The normalized spacial score (nSPS) is 12.1. The lowest BCUT2D eigenvalue weighted by atomic mass is 10.1. The quantitative estimate of drug-likeness (QED) is 0.649. The van der Waals surface area contributed by atoms with Crippen LogP contribution >= 0.6 is 0 Å². The van der Waals surface area contributed by atoms with E-state index < -0.39 is 6.67 Å². The Morgan fingerprint density at radius 1 is 1.28 bits per heavy atom. The predicted molar refractivity (Wildman–Crippen MR) is 104 cm³/mol. The van der Waals surface area contributed by atoms with E-state index in [1.807, 2.05) is 6.92 Å². The molecule has 0 bridgehead atoms. The molecule has 1 amide bonds. The van der Waals surface area contributed by atoms with Crippen molar-refractivity contribution in [3.05, 3.63) is 46.8 Å². The number of hydrogen-bond donors (Lipinski definition) is 1. The second-order valence-corrected chi connectivity index (χ2v) is 6.51. The summed E-state index contributed by atoms with van der Waals surface area (Å²) in [4.78, 5) is 29.1. The summed E-state index contributed by atoms with van der Waals surface area (Å²) < 4.78 is 28.2. The van der Waals surface area contributed by atoms with Crippen LogP contribution < -0.4 is 19.5 Å². The van der Waals surface area contributed by atoms with Crippen LogP contribution in [0, 0.1) is 6.92 Å². The molecule has 3 rings (SSSR count). The van der Waals surface area contributed by atoms with Crippen LogP contribution in [0.4, 0.5) is 4.39 Å². The van der Waals surface area contributed by atoms with Crippen molar-refractivity contribution in [2.24, 2.45) is 0 Å². The van der Waals surface area contributed by atoms with Crippen LogP contribution in [-0.4, -0.2) is 50.2 Å². The third-order valence-corrected chi connectivity index (χ3v) is 4.52. The molecule has 1 aromatic heterocycles. The van der Waals surface area contributed by atoms with Gasteiger partial charge in [0.05, 0.1) is 19.4 Å². The van der Waals surface area contributed by atoms with Crippen molar-refractivity contribution in [3.8, 4) is 17.2 Å². The number of amides is 1. The number of ether oxygens (including phenoxy) is 3. The summed E-state index contributed by atoms with van der Waals surface area (Å²) in [6, 6.07) is 6.38. The first kappa shape index (κ1) is 20.6. The fourth-order valence-electron chi connectivity index (χ4n) is 3.11. The van der Waals surface area contributed by atoms with Gasteiger partial charge in [0.2, 0.25) is 0 Å². The number of ketones is 1. The van der Waals surface area contributed by atoms with E-state index in [9.17, 15) is 14.0 Å². The molecule has 1 aromatic carbocycles. The Labute approximate surface area is 168 Å². The number of alkyl halides is 1. The third kappa shape index (κ3) is 4.82. The summed E-state index contributed by atoms with van der Waals surface area (Å²) in [6.07, 6.45) is 0.898. The Bertz CT molecular complexity index is 916. The summed E-state index contributed by atoms with van der Waals surface area (Å²) in [5.74, 6) is 0.971. The lowest BCUT2D eigenvalue weighted by Crippen LogP contribution is -2.26. The van der Waals surface area contributed by atoms with Crippen molar-refractivity contribution in [2.75, 3.05) is 33.5 Å². The number of hydrogen-bond acceptors (Lipinski definition) is 6. The van der Waals surface area contributed by atoms with Gasteiger partial charge in [0.1, 0.15) is 24.7 Å². The summed E-state index contributed by atoms with van der Waals surface area (Å²) in [5, 5.41) is 2.71. The Morgan fingerprint density at radius 2 is 2.10 bits per heavy atom. The van der Waals surface area contributed by atoms with E-state index in [0.717, 1.165) is 17.7 Å². The number of carbonyl (C=O) groups is 2. The van der Waals surface area contributed by atoms with Crippen molar-refractivity contribution >= 4 is 11.7 Å². The highest BCUT2D eigenvalue weighted by Gasteiger charge is 2.19. The van der Waals surface area contributed by atoms with Gasteiger partial charge in [0.25, 0.3) is 5.91 Å². The van der Waals surface area contributed by atoms with Gasteiger partial charge in [0.15, 0.2) is 17.3 Å². The highest BCUT2D eigenvalue weighted by molar-refractivity contribution is 5.97. The van der Waals surface area contributed by atoms with E-state index in [0.29, 0.717) is 35.1 Å². The molecule has 2 heterocycles. The molecular formula is C21H23FN2O5. The van der Waals surface area contributed by atoms with Crippen molar-refractivity contribution in [3.63, 3.8) is 0 Å². The number of rotatable bonds is 9. The van der Waals surface area contributed by atoms with Gasteiger partial charge >= 0.3 is 0 Å². The number of fused-ring (bicyclic) bond motifs is 1. The van der Waals surface area contributed by atoms with E-state index in [1.54, 1.807) is 18.2 Å². The molecule has 0 saturated carbocycles. The number of carbonyl (C=O) groups excluding carboxylic acids is 2. The van der Waals surface area contributed by atoms with Crippen LogP contribution in [0.2, 0.25) is 0 Å². The Balaban J connectivity index is 1.57. The summed E-state index contributed by atoms with van der Waals surface area (Å²) in [7, 11) is 1.44. The van der Waals surface area contributed by atoms with Gasteiger partial charge in [-0.1, -0.05) is 0 Å². The van der Waals surface area contributed by atoms with Crippen molar-refractivity contribution in [1.82, 2.24) is 10.3 Å². The van der Waals surface area contributed by atoms with E-state index in [1.165, 1.54) is 13.2 Å². The Hall–Kier alpha value is -3.16. The maximum Gasteiger partial charge on any atom is 0.251 e. The van der Waals surface area contributed by atoms with Crippen molar-refractivity contribution < 1.29 is 28.2 Å². The molecule has 2 aromatic rings. The fraction of sp³-hybridized carbons (Fsp3) is 0.381. The van der Waals surface area contributed by atoms with E-state index in [-0.39, 0.29) is 31.3 Å². The molecule has 0 unspecified atom stereocenters. The molecule has 8 heteroatoms. The molecule has 29 heavy (non-hydrogen) atoms. The minimum Gasteiger partial charge on any atom is -0.493 e. The smallest absolute Gasteiger partial charge is 0.251 e. The summed E-state index contributed by atoms with van der Waals surface area (Å²) in [5.41, 5.74) is 2.43. The SMILES string of the molecule is COc1cc(C(=O)NCCC(=O)c2cc3c(c(C)n2)OCC3)ccc1OCCF. The molecule has 7 nitrogen and oxygen atoms in total. The van der Waals surface area contributed by atoms with E-state index in [2.05, 4.69) is 10.3 Å². The number of aryl methyl sites for hydroxylation is 1. The van der Waals surface area contributed by atoms with Crippen molar-refractivity contribution in [1.29, 1.82) is 0 Å². The first-order valence-corrected chi connectivity index (χ1v) is 9.35. The van der Waals surface area contributed by atoms with Gasteiger partial charge in [-0.25, -0.2) is 9.37 Å². The molecule has 0 radical (unpaired) electrons. The van der Waals surface area contributed by atoms with Crippen LogP contribution in [0.5, 0.6) is 17.2 Å². The van der Waals surface area contributed by atoms with Gasteiger partial charge in [-0.2, -0.15) is 0 Å².